The van der Waals surface area contributed by atoms with Crippen molar-refractivity contribution < 1.29 is 4.74 Å². The van der Waals surface area contributed by atoms with E-state index in [1.165, 1.54) is 0 Å². The quantitative estimate of drug-likeness (QED) is 0.893. The Morgan fingerprint density at radius 1 is 1.56 bits per heavy atom. The van der Waals surface area contributed by atoms with Crippen LogP contribution < -0.4 is 5.73 Å². The van der Waals surface area contributed by atoms with E-state index in [4.69, 9.17) is 10.5 Å². The van der Waals surface area contributed by atoms with Crippen molar-refractivity contribution in [3.05, 3.63) is 18.2 Å². The highest BCUT2D eigenvalue weighted by molar-refractivity contribution is 5.07. The van der Waals surface area contributed by atoms with Gasteiger partial charge in [-0.1, -0.05) is 20.8 Å². The molecule has 1 fully saturated rings. The lowest BCUT2D eigenvalue weighted by Gasteiger charge is -2.22. The molecule has 2 heterocycles. The molecule has 0 amide bonds. The van der Waals surface area contributed by atoms with Gasteiger partial charge >= 0.3 is 0 Å². The molecule has 1 aliphatic rings. The minimum absolute atomic E-state index is 0.0509. The monoisotopic (exact) mass is 251 g/mol. The van der Waals surface area contributed by atoms with Crippen molar-refractivity contribution in [1.29, 1.82) is 0 Å². The first-order valence-electron chi connectivity index (χ1n) is 6.81. The molecule has 0 bridgehead atoms. The van der Waals surface area contributed by atoms with Crippen LogP contribution in [0.4, 0.5) is 0 Å². The van der Waals surface area contributed by atoms with Crippen LogP contribution in [0, 0.1) is 11.3 Å². The molecule has 1 aromatic heterocycles. The normalized spacial score (nSPS) is 22.3. The van der Waals surface area contributed by atoms with Crippen LogP contribution in [0.25, 0.3) is 0 Å². The highest BCUT2D eigenvalue weighted by Crippen LogP contribution is 2.27. The maximum absolute atomic E-state index is 6.34. The van der Waals surface area contributed by atoms with Gasteiger partial charge in [0, 0.05) is 25.3 Å². The Hall–Kier alpha value is -0.870. The summed E-state index contributed by atoms with van der Waals surface area (Å²) in [6, 6.07) is 0.0509. The van der Waals surface area contributed by atoms with Crippen LogP contribution in [-0.2, 0) is 11.3 Å². The molecular formula is C14H25N3O. The van der Waals surface area contributed by atoms with Gasteiger partial charge in [0.2, 0.25) is 0 Å². The summed E-state index contributed by atoms with van der Waals surface area (Å²) in [5, 5.41) is 0. The molecule has 18 heavy (non-hydrogen) atoms. The van der Waals surface area contributed by atoms with E-state index < -0.39 is 0 Å². The Kier molecular flexibility index (Phi) is 4.07. The third-order valence-electron chi connectivity index (χ3n) is 3.66. The zero-order chi connectivity index (χ0) is 13.2. The van der Waals surface area contributed by atoms with Crippen molar-refractivity contribution >= 4 is 0 Å². The van der Waals surface area contributed by atoms with E-state index in [0.29, 0.717) is 11.3 Å². The molecular weight excluding hydrogens is 226 g/mol. The highest BCUT2D eigenvalue weighted by atomic mass is 16.5. The van der Waals surface area contributed by atoms with Gasteiger partial charge in [-0.25, -0.2) is 4.98 Å². The first-order chi connectivity index (χ1) is 8.47. The van der Waals surface area contributed by atoms with Crippen LogP contribution in [0.2, 0.25) is 0 Å². The summed E-state index contributed by atoms with van der Waals surface area (Å²) >= 11 is 0. The van der Waals surface area contributed by atoms with Crippen molar-refractivity contribution in [1.82, 2.24) is 9.55 Å². The van der Waals surface area contributed by atoms with Gasteiger partial charge in [0.1, 0.15) is 0 Å². The fourth-order valence-electron chi connectivity index (χ4n) is 2.33. The summed E-state index contributed by atoms with van der Waals surface area (Å²) in [5.74, 6) is 0.440. The van der Waals surface area contributed by atoms with Crippen molar-refractivity contribution in [3.8, 4) is 0 Å². The molecule has 0 aliphatic carbocycles. The van der Waals surface area contributed by atoms with Crippen molar-refractivity contribution in [2.75, 3.05) is 13.2 Å². The van der Waals surface area contributed by atoms with E-state index in [2.05, 4.69) is 30.3 Å². The summed E-state index contributed by atoms with van der Waals surface area (Å²) in [6.45, 7) is 9.39. The lowest BCUT2D eigenvalue weighted by molar-refractivity contribution is 0.180. The average Bonchev–Trinajstić information content (AvgIpc) is 2.95. The van der Waals surface area contributed by atoms with Gasteiger partial charge in [-0.3, -0.25) is 0 Å². The lowest BCUT2D eigenvalue weighted by atomic mass is 9.92. The molecule has 2 rings (SSSR count). The molecule has 0 saturated carbocycles. The first kappa shape index (κ1) is 13.6. The Morgan fingerprint density at radius 3 is 2.94 bits per heavy atom. The van der Waals surface area contributed by atoms with E-state index in [1.807, 2.05) is 12.5 Å². The number of nitrogens with two attached hydrogens (primary N) is 1. The number of imidazole rings is 1. The van der Waals surface area contributed by atoms with E-state index in [9.17, 15) is 0 Å². The molecule has 2 atom stereocenters. The second kappa shape index (κ2) is 5.41. The minimum Gasteiger partial charge on any atom is -0.381 e. The second-order valence-corrected chi connectivity index (χ2v) is 6.47. The highest BCUT2D eigenvalue weighted by Gasteiger charge is 2.26. The third kappa shape index (κ3) is 3.33. The van der Waals surface area contributed by atoms with Crippen LogP contribution in [0.15, 0.2) is 12.5 Å². The van der Waals surface area contributed by atoms with Gasteiger partial charge in [0.15, 0.2) is 0 Å². The van der Waals surface area contributed by atoms with Crippen molar-refractivity contribution in [2.45, 2.75) is 46.2 Å². The molecule has 0 spiro atoms. The SMILES string of the molecule is CC(C)(C)CCn1cncc1C(N)C1CCOC1. The Bertz CT molecular complexity index is 375. The average molecular weight is 251 g/mol. The molecule has 1 aliphatic heterocycles. The number of nitrogens with zero attached hydrogens (tertiary/aromatic N) is 2. The molecule has 1 saturated heterocycles. The van der Waals surface area contributed by atoms with Gasteiger partial charge in [0.05, 0.1) is 24.7 Å². The predicted molar refractivity (Wildman–Crippen MR) is 72.2 cm³/mol. The number of aryl methyl sites for hydroxylation is 1. The molecule has 1 aromatic rings. The summed E-state index contributed by atoms with van der Waals surface area (Å²) in [5.41, 5.74) is 7.83. The summed E-state index contributed by atoms with van der Waals surface area (Å²) in [7, 11) is 0. The third-order valence-corrected chi connectivity index (χ3v) is 3.66. The van der Waals surface area contributed by atoms with Gasteiger partial charge in [-0.05, 0) is 18.3 Å². The maximum atomic E-state index is 6.34. The number of ether oxygens (including phenoxy) is 1. The number of rotatable bonds is 4. The van der Waals surface area contributed by atoms with Gasteiger partial charge < -0.3 is 15.0 Å². The van der Waals surface area contributed by atoms with E-state index >= 15 is 0 Å². The summed E-state index contributed by atoms with van der Waals surface area (Å²) in [6.07, 6.45) is 6.00. The number of hydrogen-bond donors (Lipinski definition) is 1. The molecule has 102 valence electrons. The zero-order valence-electron chi connectivity index (χ0n) is 11.7. The van der Waals surface area contributed by atoms with Gasteiger partial charge in [-0.2, -0.15) is 0 Å². The Labute approximate surface area is 110 Å². The topological polar surface area (TPSA) is 53.1 Å². The van der Waals surface area contributed by atoms with Gasteiger partial charge in [0.25, 0.3) is 0 Å². The molecule has 2 unspecified atom stereocenters. The standard InChI is InChI=1S/C14H25N3O/c1-14(2,3)5-6-17-10-16-8-12(17)13(15)11-4-7-18-9-11/h8,10-11,13H,4-7,9,15H2,1-3H3. The summed E-state index contributed by atoms with van der Waals surface area (Å²) < 4.78 is 7.62. The van der Waals surface area contributed by atoms with Crippen LogP contribution in [0.3, 0.4) is 0 Å². The molecule has 4 heteroatoms. The number of hydrogen-bond acceptors (Lipinski definition) is 3. The fraction of sp³-hybridized carbons (Fsp3) is 0.786. The minimum atomic E-state index is 0.0509. The molecule has 0 radical (unpaired) electrons. The van der Waals surface area contributed by atoms with Crippen LogP contribution in [0.5, 0.6) is 0 Å². The lowest BCUT2D eigenvalue weighted by Crippen LogP contribution is -2.25. The maximum Gasteiger partial charge on any atom is 0.0948 e. The second-order valence-electron chi connectivity index (χ2n) is 6.47. The molecule has 0 aromatic carbocycles. The Balaban J connectivity index is 2.02. The molecule has 4 nitrogen and oxygen atoms in total. The van der Waals surface area contributed by atoms with E-state index in [-0.39, 0.29) is 6.04 Å². The number of aromatic nitrogens is 2. The largest absolute Gasteiger partial charge is 0.381 e. The Morgan fingerprint density at radius 2 is 2.33 bits per heavy atom. The van der Waals surface area contributed by atoms with E-state index in [0.717, 1.165) is 38.3 Å². The van der Waals surface area contributed by atoms with Crippen molar-refractivity contribution in [2.24, 2.45) is 17.1 Å². The predicted octanol–water partition coefficient (Wildman–Crippen LogP) is 2.36. The smallest absolute Gasteiger partial charge is 0.0948 e. The van der Waals surface area contributed by atoms with Crippen LogP contribution in [-0.4, -0.2) is 22.8 Å². The van der Waals surface area contributed by atoms with E-state index in [1.54, 1.807) is 0 Å². The first-order valence-corrected chi connectivity index (χ1v) is 6.81. The van der Waals surface area contributed by atoms with Crippen LogP contribution >= 0.6 is 0 Å². The van der Waals surface area contributed by atoms with Crippen molar-refractivity contribution in [3.63, 3.8) is 0 Å². The fourth-order valence-corrected chi connectivity index (χ4v) is 2.33. The zero-order valence-corrected chi connectivity index (χ0v) is 11.7. The van der Waals surface area contributed by atoms with Gasteiger partial charge in [-0.15, -0.1) is 0 Å². The summed E-state index contributed by atoms with van der Waals surface area (Å²) in [4.78, 5) is 4.26. The molecule has 2 N–H and O–H groups in total. The van der Waals surface area contributed by atoms with Crippen LogP contribution in [0.1, 0.15) is 45.3 Å².